The number of aromatic nitrogens is 2. The van der Waals surface area contributed by atoms with Gasteiger partial charge in [0.25, 0.3) is 0 Å². The van der Waals surface area contributed by atoms with Crippen LogP contribution in [0.1, 0.15) is 10.5 Å². The van der Waals surface area contributed by atoms with Crippen molar-refractivity contribution in [2.24, 2.45) is 0 Å². The number of fused-ring (bicyclic) bond motifs is 1. The smallest absolute Gasteiger partial charge is 0.354 e. The highest BCUT2D eigenvalue weighted by Gasteiger charge is 2.12. The molecule has 3 aromatic rings. The summed E-state index contributed by atoms with van der Waals surface area (Å²) in [4.78, 5) is 19.0. The van der Waals surface area contributed by atoms with Crippen LogP contribution in [0.5, 0.6) is 0 Å². The van der Waals surface area contributed by atoms with Crippen LogP contribution in [-0.4, -0.2) is 28.1 Å². The van der Waals surface area contributed by atoms with Gasteiger partial charge in [-0.25, -0.2) is 14.8 Å². The first-order valence-electron chi connectivity index (χ1n) is 5.95. The van der Waals surface area contributed by atoms with E-state index in [9.17, 15) is 4.79 Å². The molecule has 0 bridgehead atoms. The van der Waals surface area contributed by atoms with Gasteiger partial charge in [-0.05, 0) is 30.3 Å². The molecule has 20 heavy (non-hydrogen) atoms. The maximum absolute atomic E-state index is 10.9. The molecule has 0 radical (unpaired) electrons. The second kappa shape index (κ2) is 4.65. The predicted octanol–water partition coefficient (Wildman–Crippen LogP) is 2.63. The van der Waals surface area contributed by atoms with E-state index in [0.717, 1.165) is 5.69 Å². The molecule has 100 valence electrons. The van der Waals surface area contributed by atoms with Crippen LogP contribution in [-0.2, 0) is 0 Å². The third-order valence-corrected chi connectivity index (χ3v) is 2.90. The number of oxazole rings is 1. The summed E-state index contributed by atoms with van der Waals surface area (Å²) in [7, 11) is 1.82. The number of aromatic carboxylic acids is 1. The fourth-order valence-electron chi connectivity index (χ4n) is 1.89. The molecule has 2 heterocycles. The van der Waals surface area contributed by atoms with Crippen molar-refractivity contribution < 1.29 is 14.3 Å². The topological polar surface area (TPSA) is 88.2 Å². The van der Waals surface area contributed by atoms with E-state index in [2.05, 4.69) is 15.3 Å². The van der Waals surface area contributed by atoms with E-state index in [0.29, 0.717) is 22.6 Å². The Morgan fingerprint density at radius 1 is 1.30 bits per heavy atom. The molecular formula is C14H11N3O3. The number of carbonyl (C=O) groups is 1. The van der Waals surface area contributed by atoms with Crippen molar-refractivity contribution in [1.82, 2.24) is 9.97 Å². The van der Waals surface area contributed by atoms with Crippen LogP contribution in [0, 0.1) is 0 Å². The summed E-state index contributed by atoms with van der Waals surface area (Å²) < 4.78 is 5.63. The summed E-state index contributed by atoms with van der Waals surface area (Å²) >= 11 is 0. The van der Waals surface area contributed by atoms with Gasteiger partial charge >= 0.3 is 5.97 Å². The van der Waals surface area contributed by atoms with Gasteiger partial charge in [-0.3, -0.25) is 0 Å². The van der Waals surface area contributed by atoms with Crippen molar-refractivity contribution in [3.05, 3.63) is 42.2 Å². The lowest BCUT2D eigenvalue weighted by Gasteiger charge is -1.96. The number of pyridine rings is 1. The number of nitrogens with one attached hydrogen (secondary N) is 1. The molecule has 6 nitrogen and oxygen atoms in total. The number of hydrogen-bond donors (Lipinski definition) is 2. The van der Waals surface area contributed by atoms with Crippen LogP contribution in [0.2, 0.25) is 0 Å². The first-order chi connectivity index (χ1) is 9.67. The van der Waals surface area contributed by atoms with Gasteiger partial charge in [-0.15, -0.1) is 0 Å². The van der Waals surface area contributed by atoms with E-state index in [4.69, 9.17) is 9.52 Å². The van der Waals surface area contributed by atoms with Crippen molar-refractivity contribution in [2.75, 3.05) is 12.4 Å². The van der Waals surface area contributed by atoms with E-state index in [1.807, 2.05) is 25.2 Å². The average molecular weight is 269 g/mol. The summed E-state index contributed by atoms with van der Waals surface area (Å²) in [6, 6.07) is 8.66. The Bertz CT molecular complexity index is 795. The molecule has 2 N–H and O–H groups in total. The van der Waals surface area contributed by atoms with Crippen LogP contribution >= 0.6 is 0 Å². The minimum atomic E-state index is -1.08. The fourth-order valence-corrected chi connectivity index (χ4v) is 1.89. The lowest BCUT2D eigenvalue weighted by atomic mass is 10.2. The maximum Gasteiger partial charge on any atom is 0.354 e. The van der Waals surface area contributed by atoms with Crippen molar-refractivity contribution in [1.29, 1.82) is 0 Å². The van der Waals surface area contributed by atoms with Gasteiger partial charge in [0.1, 0.15) is 11.2 Å². The van der Waals surface area contributed by atoms with E-state index < -0.39 is 5.97 Å². The van der Waals surface area contributed by atoms with Gasteiger partial charge in [0.15, 0.2) is 5.58 Å². The molecule has 0 saturated carbocycles. The molecule has 0 amide bonds. The second-order valence-electron chi connectivity index (χ2n) is 4.19. The highest BCUT2D eigenvalue weighted by Crippen LogP contribution is 2.26. The van der Waals surface area contributed by atoms with E-state index in [-0.39, 0.29) is 5.69 Å². The Hall–Kier alpha value is -2.89. The number of carboxylic acid groups (broad SMARTS) is 1. The van der Waals surface area contributed by atoms with Gasteiger partial charge in [-0.1, -0.05) is 0 Å². The van der Waals surface area contributed by atoms with Crippen molar-refractivity contribution in [2.45, 2.75) is 0 Å². The van der Waals surface area contributed by atoms with Crippen molar-refractivity contribution in [3.63, 3.8) is 0 Å². The van der Waals surface area contributed by atoms with Crippen LogP contribution in [0.4, 0.5) is 5.69 Å². The molecule has 0 fully saturated rings. The molecule has 0 aliphatic rings. The fraction of sp³-hybridized carbons (Fsp3) is 0.0714. The van der Waals surface area contributed by atoms with E-state index in [1.54, 1.807) is 6.07 Å². The summed E-state index contributed by atoms with van der Waals surface area (Å²) in [5.74, 6) is -0.710. The third-order valence-electron chi connectivity index (χ3n) is 2.90. The molecule has 1 aromatic carbocycles. The van der Waals surface area contributed by atoms with Crippen LogP contribution in [0.3, 0.4) is 0 Å². The number of rotatable bonds is 3. The molecular weight excluding hydrogens is 258 g/mol. The first-order valence-corrected chi connectivity index (χ1v) is 5.95. The zero-order valence-electron chi connectivity index (χ0n) is 10.6. The van der Waals surface area contributed by atoms with Crippen LogP contribution in [0.15, 0.2) is 40.9 Å². The Labute approximate surface area is 114 Å². The quantitative estimate of drug-likeness (QED) is 0.759. The summed E-state index contributed by atoms with van der Waals surface area (Å²) in [6.07, 6.45) is 1.42. The van der Waals surface area contributed by atoms with E-state index in [1.165, 1.54) is 12.3 Å². The Kier molecular flexibility index (Phi) is 2.83. The third kappa shape index (κ3) is 2.07. The highest BCUT2D eigenvalue weighted by molar-refractivity contribution is 5.87. The first kappa shape index (κ1) is 12.2. The predicted molar refractivity (Wildman–Crippen MR) is 73.7 cm³/mol. The second-order valence-corrected chi connectivity index (χ2v) is 4.19. The standard InChI is InChI=1S/C14H11N3O3/c1-15-9-2-3-12-10(7-9)17-13(20-12)8-4-5-16-11(6-8)14(18)19/h2-7,15H,1H3,(H,18,19). The number of nitrogens with zero attached hydrogens (tertiary/aromatic N) is 2. The SMILES string of the molecule is CNc1ccc2oc(-c3ccnc(C(=O)O)c3)nc2c1. The van der Waals surface area contributed by atoms with Gasteiger partial charge in [-0.2, -0.15) is 0 Å². The lowest BCUT2D eigenvalue weighted by Crippen LogP contribution is -1.99. The minimum absolute atomic E-state index is 0.0410. The van der Waals surface area contributed by atoms with Gasteiger partial charge in [0, 0.05) is 24.5 Å². The molecule has 0 aliphatic carbocycles. The average Bonchev–Trinajstić information content (AvgIpc) is 2.90. The van der Waals surface area contributed by atoms with Crippen molar-refractivity contribution >= 4 is 22.8 Å². The monoisotopic (exact) mass is 269 g/mol. The minimum Gasteiger partial charge on any atom is -0.477 e. The molecule has 0 aliphatic heterocycles. The molecule has 6 heteroatoms. The molecule has 0 saturated heterocycles. The molecule has 0 atom stereocenters. The zero-order valence-corrected chi connectivity index (χ0v) is 10.6. The van der Waals surface area contributed by atoms with Gasteiger partial charge in [0.05, 0.1) is 0 Å². The number of benzene rings is 1. The molecule has 3 rings (SSSR count). The largest absolute Gasteiger partial charge is 0.477 e. The van der Waals surface area contributed by atoms with Gasteiger partial charge in [0.2, 0.25) is 5.89 Å². The summed E-state index contributed by atoms with van der Waals surface area (Å²) in [5, 5.41) is 12.0. The number of carboxylic acids is 1. The van der Waals surface area contributed by atoms with Gasteiger partial charge < -0.3 is 14.8 Å². The maximum atomic E-state index is 10.9. The van der Waals surface area contributed by atoms with Crippen LogP contribution in [0.25, 0.3) is 22.6 Å². The summed E-state index contributed by atoms with van der Waals surface area (Å²) in [6.45, 7) is 0. The Morgan fingerprint density at radius 2 is 2.15 bits per heavy atom. The Morgan fingerprint density at radius 3 is 2.90 bits per heavy atom. The van der Waals surface area contributed by atoms with E-state index >= 15 is 0 Å². The summed E-state index contributed by atoms with van der Waals surface area (Å²) in [5.41, 5.74) is 2.83. The van der Waals surface area contributed by atoms with Crippen molar-refractivity contribution in [3.8, 4) is 11.5 Å². The number of hydrogen-bond acceptors (Lipinski definition) is 5. The highest BCUT2D eigenvalue weighted by atomic mass is 16.4. The zero-order chi connectivity index (χ0) is 14.1. The van der Waals surface area contributed by atoms with Crippen LogP contribution < -0.4 is 5.32 Å². The lowest BCUT2D eigenvalue weighted by molar-refractivity contribution is 0.0690. The number of anilines is 1. The normalized spacial score (nSPS) is 10.7. The molecule has 0 unspecified atom stereocenters. The molecule has 2 aromatic heterocycles. The Balaban J connectivity index is 2.10. The molecule has 0 spiro atoms.